The third-order valence-corrected chi connectivity index (χ3v) is 3.63. The minimum atomic E-state index is 0.0859. The molecule has 2 rings (SSSR count). The van der Waals surface area contributed by atoms with Crippen LogP contribution in [0.5, 0.6) is 0 Å². The molecule has 0 bridgehead atoms. The van der Waals surface area contributed by atoms with Gasteiger partial charge in [-0.2, -0.15) is 0 Å². The number of carbonyl (C=O) groups is 1. The number of benzene rings is 1. The van der Waals surface area contributed by atoms with Crippen molar-refractivity contribution in [2.75, 3.05) is 31.2 Å². The van der Waals surface area contributed by atoms with Crippen LogP contribution in [0.2, 0.25) is 0 Å². The molecule has 92 valence electrons. The van der Waals surface area contributed by atoms with E-state index in [0.717, 1.165) is 30.2 Å². The second-order valence-electron chi connectivity index (χ2n) is 3.95. The number of hydrogen-bond acceptors (Lipinski definition) is 4. The summed E-state index contributed by atoms with van der Waals surface area (Å²) in [6.07, 6.45) is 0. The molecule has 1 aliphatic heterocycles. The van der Waals surface area contributed by atoms with Gasteiger partial charge in [0.15, 0.2) is 0 Å². The fourth-order valence-corrected chi connectivity index (χ4v) is 2.47. The number of likely N-dealkylation sites (N-methyl/N-ethyl adjacent to an activating group) is 1. The summed E-state index contributed by atoms with van der Waals surface area (Å²) in [7, 11) is 1.94. The molecule has 17 heavy (non-hydrogen) atoms. The maximum absolute atomic E-state index is 11.3. The first-order valence-corrected chi connectivity index (χ1v) is 6.69. The Labute approximate surface area is 106 Å². The highest BCUT2D eigenvalue weighted by Crippen LogP contribution is 2.31. The molecule has 0 radical (unpaired) electrons. The van der Waals surface area contributed by atoms with Crippen molar-refractivity contribution in [2.45, 2.75) is 11.4 Å². The topological polar surface area (TPSA) is 53.2 Å². The molecule has 1 aliphatic rings. The Balaban J connectivity index is 1.95. The largest absolute Gasteiger partial charge is 0.324 e. The summed E-state index contributed by atoms with van der Waals surface area (Å²) >= 11 is 1.60. The number of anilines is 1. The number of amides is 1. The highest BCUT2D eigenvalue weighted by Gasteiger charge is 2.14. The zero-order valence-corrected chi connectivity index (χ0v) is 10.7. The van der Waals surface area contributed by atoms with Crippen molar-refractivity contribution in [2.24, 2.45) is 0 Å². The summed E-state index contributed by atoms with van der Waals surface area (Å²) in [6.45, 7) is 2.72. The van der Waals surface area contributed by atoms with Crippen LogP contribution in [0.3, 0.4) is 0 Å². The Bertz CT molecular complexity index is 409. The van der Waals surface area contributed by atoms with Crippen molar-refractivity contribution < 1.29 is 4.79 Å². The van der Waals surface area contributed by atoms with Gasteiger partial charge in [0, 0.05) is 24.5 Å². The predicted octanol–water partition coefficient (Wildman–Crippen LogP) is 1.04. The zero-order chi connectivity index (χ0) is 12.1. The third-order valence-electron chi connectivity index (χ3n) is 2.56. The highest BCUT2D eigenvalue weighted by atomic mass is 32.2. The number of thioether (sulfide) groups is 1. The van der Waals surface area contributed by atoms with Crippen LogP contribution < -0.4 is 16.0 Å². The lowest BCUT2D eigenvalue weighted by molar-refractivity contribution is -0.113. The Morgan fingerprint density at radius 2 is 2.29 bits per heavy atom. The average Bonchev–Trinajstić information content (AvgIpc) is 2.34. The number of nitrogens with one attached hydrogen (secondary N) is 3. The van der Waals surface area contributed by atoms with Crippen LogP contribution in [0.25, 0.3) is 0 Å². The standard InChI is InChI=1S/C12H17N3OS/c1-13-4-5-14-7-9-2-3-11-10(6-9)15-12(16)8-17-11/h2-3,6,13-14H,4-5,7-8H2,1H3,(H,15,16). The predicted molar refractivity (Wildman–Crippen MR) is 71.4 cm³/mol. The molecule has 1 aromatic carbocycles. The number of hydrogen-bond donors (Lipinski definition) is 3. The van der Waals surface area contributed by atoms with Crippen molar-refractivity contribution in [1.29, 1.82) is 0 Å². The molecule has 5 heteroatoms. The average molecular weight is 251 g/mol. The number of carbonyl (C=O) groups excluding carboxylic acids is 1. The van der Waals surface area contributed by atoms with Gasteiger partial charge in [-0.25, -0.2) is 0 Å². The zero-order valence-electron chi connectivity index (χ0n) is 9.88. The summed E-state index contributed by atoms with van der Waals surface area (Å²) < 4.78 is 0. The van der Waals surface area contributed by atoms with Gasteiger partial charge in [0.25, 0.3) is 0 Å². The highest BCUT2D eigenvalue weighted by molar-refractivity contribution is 8.00. The van der Waals surface area contributed by atoms with Gasteiger partial charge in [-0.05, 0) is 24.7 Å². The lowest BCUT2D eigenvalue weighted by Gasteiger charge is -2.17. The molecular formula is C12H17N3OS. The molecule has 0 fully saturated rings. The van der Waals surface area contributed by atoms with E-state index in [4.69, 9.17) is 0 Å². The van der Waals surface area contributed by atoms with Crippen molar-refractivity contribution in [3.63, 3.8) is 0 Å². The van der Waals surface area contributed by atoms with Crippen molar-refractivity contribution in [3.8, 4) is 0 Å². The summed E-state index contributed by atoms with van der Waals surface area (Å²) in [5.41, 5.74) is 2.14. The molecule has 0 aromatic heterocycles. The monoisotopic (exact) mass is 251 g/mol. The van der Waals surface area contributed by atoms with E-state index in [1.165, 1.54) is 5.56 Å². The van der Waals surface area contributed by atoms with Gasteiger partial charge in [0.2, 0.25) is 5.91 Å². The molecule has 1 aromatic rings. The molecule has 0 atom stereocenters. The van der Waals surface area contributed by atoms with Crippen LogP contribution in [-0.4, -0.2) is 31.8 Å². The first kappa shape index (κ1) is 12.4. The van der Waals surface area contributed by atoms with Crippen LogP contribution in [0.1, 0.15) is 5.56 Å². The summed E-state index contributed by atoms with van der Waals surface area (Å²) in [5, 5.41) is 9.33. The van der Waals surface area contributed by atoms with E-state index in [1.807, 2.05) is 13.1 Å². The second-order valence-corrected chi connectivity index (χ2v) is 4.96. The molecule has 0 saturated heterocycles. The second kappa shape index (κ2) is 6.05. The van der Waals surface area contributed by atoms with Crippen molar-refractivity contribution >= 4 is 23.4 Å². The van der Waals surface area contributed by atoms with Gasteiger partial charge in [-0.15, -0.1) is 11.8 Å². The lowest BCUT2D eigenvalue weighted by atomic mass is 10.2. The SMILES string of the molecule is CNCCNCc1ccc2c(c1)NC(=O)CS2. The van der Waals surface area contributed by atoms with Crippen LogP contribution in [0, 0.1) is 0 Å². The Kier molecular flexibility index (Phi) is 4.42. The molecule has 0 unspecified atom stereocenters. The van der Waals surface area contributed by atoms with Gasteiger partial charge < -0.3 is 16.0 Å². The molecule has 1 amide bonds. The molecule has 0 saturated carbocycles. The normalized spacial score (nSPS) is 14.3. The molecule has 0 spiro atoms. The van der Waals surface area contributed by atoms with E-state index in [1.54, 1.807) is 11.8 Å². The first-order valence-electron chi connectivity index (χ1n) is 5.70. The van der Waals surface area contributed by atoms with E-state index in [2.05, 4.69) is 28.1 Å². The minimum absolute atomic E-state index is 0.0859. The van der Waals surface area contributed by atoms with Gasteiger partial charge in [-0.1, -0.05) is 6.07 Å². The van der Waals surface area contributed by atoms with E-state index in [-0.39, 0.29) is 5.91 Å². The Hall–Kier alpha value is -1.04. The smallest absolute Gasteiger partial charge is 0.234 e. The van der Waals surface area contributed by atoms with Crippen LogP contribution >= 0.6 is 11.8 Å². The maximum Gasteiger partial charge on any atom is 0.234 e. The lowest BCUT2D eigenvalue weighted by Crippen LogP contribution is -2.24. The Morgan fingerprint density at radius 1 is 1.41 bits per heavy atom. The Morgan fingerprint density at radius 3 is 3.12 bits per heavy atom. The van der Waals surface area contributed by atoms with E-state index >= 15 is 0 Å². The quantitative estimate of drug-likeness (QED) is 0.685. The van der Waals surface area contributed by atoms with Gasteiger partial charge in [0.05, 0.1) is 11.4 Å². The van der Waals surface area contributed by atoms with E-state index in [9.17, 15) is 4.79 Å². The third kappa shape index (κ3) is 3.46. The summed E-state index contributed by atoms with van der Waals surface area (Å²) in [5.74, 6) is 0.607. The molecule has 1 heterocycles. The van der Waals surface area contributed by atoms with Crippen LogP contribution in [0.4, 0.5) is 5.69 Å². The summed E-state index contributed by atoms with van der Waals surface area (Å²) in [4.78, 5) is 12.4. The molecule has 0 aliphatic carbocycles. The number of fused-ring (bicyclic) bond motifs is 1. The fraction of sp³-hybridized carbons (Fsp3) is 0.417. The van der Waals surface area contributed by atoms with Crippen LogP contribution in [0.15, 0.2) is 23.1 Å². The van der Waals surface area contributed by atoms with Gasteiger partial charge in [-0.3, -0.25) is 4.79 Å². The summed E-state index contributed by atoms with van der Waals surface area (Å²) in [6, 6.07) is 6.23. The molecular weight excluding hydrogens is 234 g/mol. The van der Waals surface area contributed by atoms with Crippen molar-refractivity contribution in [1.82, 2.24) is 10.6 Å². The molecule has 4 nitrogen and oxygen atoms in total. The first-order chi connectivity index (χ1) is 8.29. The van der Waals surface area contributed by atoms with Gasteiger partial charge >= 0.3 is 0 Å². The van der Waals surface area contributed by atoms with Crippen LogP contribution in [-0.2, 0) is 11.3 Å². The maximum atomic E-state index is 11.3. The minimum Gasteiger partial charge on any atom is -0.324 e. The fourth-order valence-electron chi connectivity index (χ4n) is 1.69. The van der Waals surface area contributed by atoms with Crippen molar-refractivity contribution in [3.05, 3.63) is 23.8 Å². The van der Waals surface area contributed by atoms with Gasteiger partial charge in [0.1, 0.15) is 0 Å². The molecule has 3 N–H and O–H groups in total. The van der Waals surface area contributed by atoms with E-state index in [0.29, 0.717) is 5.75 Å². The van der Waals surface area contributed by atoms with E-state index < -0.39 is 0 Å². The number of rotatable bonds is 5.